The zero-order valence-corrected chi connectivity index (χ0v) is 22.0. The van der Waals surface area contributed by atoms with Gasteiger partial charge in [0.2, 0.25) is 0 Å². The van der Waals surface area contributed by atoms with Crippen LogP contribution < -0.4 is 11.1 Å². The molecule has 3 aliphatic rings. The van der Waals surface area contributed by atoms with Gasteiger partial charge in [0.05, 0.1) is 0 Å². The molecule has 0 spiro atoms. The van der Waals surface area contributed by atoms with Gasteiger partial charge in [-0.3, -0.25) is 9.98 Å². The summed E-state index contributed by atoms with van der Waals surface area (Å²) < 4.78 is 0. The Hall–Kier alpha value is -2.12. The largest absolute Gasteiger partial charge is 0.323 e. The number of nitrogens with zero attached hydrogens (tertiary/aromatic N) is 2. The first kappa shape index (κ1) is 26.5. The molecule has 3 aliphatic heterocycles. The molecule has 6 heteroatoms. The number of allylic oxidation sites excluding steroid dienone is 2. The normalized spacial score (nSPS) is 20.2. The Kier molecular flexibility index (Phi) is 8.99. The second-order valence-electron chi connectivity index (χ2n) is 9.48. The van der Waals surface area contributed by atoms with E-state index in [1.165, 1.54) is 52.0 Å². The monoisotopic (exact) mass is 492 g/mol. The van der Waals surface area contributed by atoms with Crippen LogP contribution in [0.1, 0.15) is 50.7 Å². The van der Waals surface area contributed by atoms with Crippen LogP contribution in [0.15, 0.2) is 70.9 Å². The maximum Gasteiger partial charge on any atom is 0.0459 e. The molecule has 0 radical (unpaired) electrons. The van der Waals surface area contributed by atoms with Gasteiger partial charge < -0.3 is 11.1 Å². The number of hydrogen-bond acceptors (Lipinski definition) is 4. The second-order valence-corrected chi connectivity index (χ2v) is 9.48. The summed E-state index contributed by atoms with van der Waals surface area (Å²) in [5.41, 5.74) is 16.2. The molecule has 5 rings (SSSR count). The number of nitrogens with two attached hydrogens (primary N) is 1. The van der Waals surface area contributed by atoms with Gasteiger partial charge in [-0.1, -0.05) is 62.4 Å². The molecule has 0 saturated carbocycles. The maximum absolute atomic E-state index is 6.28. The Labute approximate surface area is 217 Å². The lowest BCUT2D eigenvalue weighted by molar-refractivity contribution is 0.592. The van der Waals surface area contributed by atoms with Crippen molar-refractivity contribution >= 4 is 49.6 Å². The Morgan fingerprint density at radius 3 is 1.85 bits per heavy atom. The van der Waals surface area contributed by atoms with Gasteiger partial charge >= 0.3 is 0 Å². The van der Waals surface area contributed by atoms with Crippen LogP contribution in [0.5, 0.6) is 0 Å². The van der Waals surface area contributed by atoms with Crippen molar-refractivity contribution in [2.45, 2.75) is 51.6 Å². The number of rotatable bonds is 6. The minimum absolute atomic E-state index is 0. The minimum Gasteiger partial charge on any atom is -0.323 e. The summed E-state index contributed by atoms with van der Waals surface area (Å²) in [5.74, 6) is 0.407. The molecule has 3 N–H and O–H groups in total. The lowest BCUT2D eigenvalue weighted by Gasteiger charge is -2.16. The van der Waals surface area contributed by atoms with E-state index in [0.717, 1.165) is 25.1 Å². The molecule has 3 heterocycles. The fourth-order valence-electron chi connectivity index (χ4n) is 4.77. The molecular formula is C28H36N4S2. The first-order chi connectivity index (χ1) is 15.6. The lowest BCUT2D eigenvalue weighted by atomic mass is 9.93. The molecule has 4 nitrogen and oxygen atoms in total. The molecule has 0 aromatic heterocycles. The highest BCUT2D eigenvalue weighted by Gasteiger charge is 2.24. The molecule has 1 fully saturated rings. The van der Waals surface area contributed by atoms with Crippen LogP contribution in [0.25, 0.3) is 22.3 Å². The van der Waals surface area contributed by atoms with Crippen molar-refractivity contribution in [1.82, 2.24) is 5.32 Å². The summed E-state index contributed by atoms with van der Waals surface area (Å²) in [6.07, 6.45) is 8.31. The molecule has 0 amide bonds. The number of nitrogens with one attached hydrogen (secondary N) is 1. The first-order valence-electron chi connectivity index (χ1n) is 11.8. The summed E-state index contributed by atoms with van der Waals surface area (Å²) in [6, 6.07) is 18.2. The third-order valence-corrected chi connectivity index (χ3v) is 6.93. The van der Waals surface area contributed by atoms with Gasteiger partial charge in [0, 0.05) is 48.7 Å². The van der Waals surface area contributed by atoms with Gasteiger partial charge in [-0.05, 0) is 58.7 Å². The summed E-state index contributed by atoms with van der Waals surface area (Å²) in [6.45, 7) is 5.41. The predicted octanol–water partition coefficient (Wildman–Crippen LogP) is 5.69. The van der Waals surface area contributed by atoms with Gasteiger partial charge in [-0.15, -0.1) is 0 Å². The SMILES string of the molecule is CC(C)[C@H](N)C1=NC=C(c2ccc(-c3ccc(C4=CN=C([C@@H]5CCCN5)C4)cc3)cc2)C1.S.S. The van der Waals surface area contributed by atoms with E-state index < -0.39 is 0 Å². The minimum atomic E-state index is 0. The standard InChI is InChI=1S/C28H32N4.2H2S/c1-18(2)28(29)27-15-24(17-32-27)22-11-7-20(8-12-22)19-5-9-21(10-6-19)23-14-26(31-16-23)25-4-3-13-30-25;;/h5-12,16-18,25,28,30H,3-4,13-15,29H2,1-2H3;2*1H2/t25-,28-;;/m0../s1. The van der Waals surface area contributed by atoms with Gasteiger partial charge in [-0.25, -0.2) is 0 Å². The van der Waals surface area contributed by atoms with Crippen LogP contribution in [0, 0.1) is 5.92 Å². The summed E-state index contributed by atoms with van der Waals surface area (Å²) in [7, 11) is 0. The molecular weight excluding hydrogens is 456 g/mol. The zero-order valence-electron chi connectivity index (χ0n) is 20.0. The average Bonchev–Trinajstić information content (AvgIpc) is 3.60. The van der Waals surface area contributed by atoms with Gasteiger partial charge in [-0.2, -0.15) is 27.0 Å². The van der Waals surface area contributed by atoms with Crippen LogP contribution in [0.3, 0.4) is 0 Å². The van der Waals surface area contributed by atoms with Crippen LogP contribution in [0.2, 0.25) is 0 Å². The molecule has 2 aromatic carbocycles. The van der Waals surface area contributed by atoms with Crippen molar-refractivity contribution in [3.8, 4) is 11.1 Å². The Morgan fingerprint density at radius 2 is 1.32 bits per heavy atom. The van der Waals surface area contributed by atoms with E-state index in [1.807, 2.05) is 6.20 Å². The molecule has 1 saturated heterocycles. The van der Waals surface area contributed by atoms with E-state index in [9.17, 15) is 0 Å². The van der Waals surface area contributed by atoms with Crippen LogP contribution >= 0.6 is 27.0 Å². The van der Waals surface area contributed by atoms with E-state index in [2.05, 4.69) is 78.9 Å². The van der Waals surface area contributed by atoms with E-state index >= 15 is 0 Å². The predicted molar refractivity (Wildman–Crippen MR) is 157 cm³/mol. The summed E-state index contributed by atoms with van der Waals surface area (Å²) >= 11 is 0. The van der Waals surface area contributed by atoms with Crippen LogP contribution in [-0.2, 0) is 0 Å². The number of aliphatic imine (C=N–C) groups is 2. The molecule has 0 bridgehead atoms. The second kappa shape index (κ2) is 11.5. The average molecular weight is 493 g/mol. The van der Waals surface area contributed by atoms with Crippen molar-refractivity contribution in [1.29, 1.82) is 0 Å². The van der Waals surface area contributed by atoms with Crippen molar-refractivity contribution < 1.29 is 0 Å². The maximum atomic E-state index is 6.28. The molecule has 180 valence electrons. The van der Waals surface area contributed by atoms with Crippen molar-refractivity contribution in [3.63, 3.8) is 0 Å². The number of benzene rings is 2. The van der Waals surface area contributed by atoms with E-state index in [0.29, 0.717) is 12.0 Å². The highest BCUT2D eigenvalue weighted by Crippen LogP contribution is 2.31. The summed E-state index contributed by atoms with van der Waals surface area (Å²) in [4.78, 5) is 9.28. The van der Waals surface area contributed by atoms with E-state index in [1.54, 1.807) is 0 Å². The summed E-state index contributed by atoms with van der Waals surface area (Å²) in [5, 5.41) is 3.56. The molecule has 34 heavy (non-hydrogen) atoms. The lowest BCUT2D eigenvalue weighted by Crippen LogP contribution is -2.34. The third-order valence-electron chi connectivity index (χ3n) is 6.93. The van der Waals surface area contributed by atoms with Crippen LogP contribution in [0.4, 0.5) is 0 Å². The third kappa shape index (κ3) is 5.57. The Balaban J connectivity index is 0.00000162. The zero-order chi connectivity index (χ0) is 22.1. The van der Waals surface area contributed by atoms with E-state index in [-0.39, 0.29) is 33.0 Å². The van der Waals surface area contributed by atoms with Crippen molar-refractivity contribution in [3.05, 3.63) is 72.1 Å². The van der Waals surface area contributed by atoms with Gasteiger partial charge in [0.25, 0.3) is 0 Å². The highest BCUT2D eigenvalue weighted by atomic mass is 32.1. The molecule has 0 aliphatic carbocycles. The van der Waals surface area contributed by atoms with Crippen molar-refractivity contribution in [2.75, 3.05) is 6.54 Å². The van der Waals surface area contributed by atoms with Crippen LogP contribution in [-0.4, -0.2) is 30.1 Å². The van der Waals surface area contributed by atoms with E-state index in [4.69, 9.17) is 10.7 Å². The molecule has 0 unspecified atom stereocenters. The number of hydrogen-bond donors (Lipinski definition) is 2. The first-order valence-corrected chi connectivity index (χ1v) is 11.8. The fourth-order valence-corrected chi connectivity index (χ4v) is 4.77. The smallest absolute Gasteiger partial charge is 0.0459 e. The highest BCUT2D eigenvalue weighted by molar-refractivity contribution is 7.59. The molecule has 2 atom stereocenters. The fraction of sp³-hybridized carbons (Fsp3) is 0.357. The van der Waals surface area contributed by atoms with Gasteiger partial charge in [0.15, 0.2) is 0 Å². The Morgan fingerprint density at radius 1 is 0.794 bits per heavy atom. The Bertz CT molecular complexity index is 1030. The topological polar surface area (TPSA) is 62.8 Å². The molecule has 2 aromatic rings. The van der Waals surface area contributed by atoms with Crippen molar-refractivity contribution in [2.24, 2.45) is 21.6 Å². The quantitative estimate of drug-likeness (QED) is 0.544. The van der Waals surface area contributed by atoms with Gasteiger partial charge in [0.1, 0.15) is 0 Å².